The second kappa shape index (κ2) is 8.00. The second-order valence-electron chi connectivity index (χ2n) is 8.20. The minimum absolute atomic E-state index is 0.0714. The SMILES string of the molecule is C[C@H]1CN(C(=O)OC(C)(C)C)CCN1c1c(C#N)c(=O)[nH]c2c(O)c(Br)c(Cl)cc12. The topological polar surface area (TPSA) is 110 Å². The lowest BCUT2D eigenvalue weighted by Gasteiger charge is -2.42. The Labute approximate surface area is 187 Å². The lowest BCUT2D eigenvalue weighted by Crippen LogP contribution is -2.55. The fourth-order valence-electron chi connectivity index (χ4n) is 3.53. The van der Waals surface area contributed by atoms with Gasteiger partial charge in [0.25, 0.3) is 5.56 Å². The third kappa shape index (κ3) is 4.07. The Hall–Kier alpha value is -2.44. The number of hydrogen-bond donors (Lipinski definition) is 2. The van der Waals surface area contributed by atoms with Crippen LogP contribution in [-0.2, 0) is 4.74 Å². The maximum absolute atomic E-state index is 12.6. The van der Waals surface area contributed by atoms with E-state index in [0.29, 0.717) is 30.7 Å². The highest BCUT2D eigenvalue weighted by Crippen LogP contribution is 2.41. The minimum atomic E-state index is -0.605. The summed E-state index contributed by atoms with van der Waals surface area (Å²) in [5, 5.41) is 20.8. The van der Waals surface area contributed by atoms with Crippen LogP contribution in [0.15, 0.2) is 15.3 Å². The summed E-state index contributed by atoms with van der Waals surface area (Å²) < 4.78 is 5.71. The van der Waals surface area contributed by atoms with Gasteiger partial charge in [0.2, 0.25) is 0 Å². The number of anilines is 1. The van der Waals surface area contributed by atoms with Crippen LogP contribution in [0.5, 0.6) is 5.75 Å². The Morgan fingerprint density at radius 2 is 2.10 bits per heavy atom. The average molecular weight is 498 g/mol. The van der Waals surface area contributed by atoms with Crippen molar-refractivity contribution in [3.05, 3.63) is 31.5 Å². The first-order chi connectivity index (χ1) is 13.9. The predicted octanol–water partition coefficient (Wildman–Crippen LogP) is 3.97. The van der Waals surface area contributed by atoms with Gasteiger partial charge in [-0.05, 0) is 49.7 Å². The van der Waals surface area contributed by atoms with E-state index in [0.717, 1.165) is 0 Å². The number of rotatable bonds is 1. The number of aromatic amines is 1. The molecule has 1 aromatic heterocycles. The van der Waals surface area contributed by atoms with Crippen LogP contribution >= 0.6 is 27.5 Å². The van der Waals surface area contributed by atoms with Crippen molar-refractivity contribution in [1.82, 2.24) is 9.88 Å². The highest BCUT2D eigenvalue weighted by atomic mass is 79.9. The number of benzene rings is 1. The van der Waals surface area contributed by atoms with Crippen molar-refractivity contribution in [2.75, 3.05) is 24.5 Å². The molecule has 0 aliphatic carbocycles. The Kier molecular flexibility index (Phi) is 5.94. The molecule has 0 bridgehead atoms. The molecule has 1 aliphatic heterocycles. The summed E-state index contributed by atoms with van der Waals surface area (Å²) in [6.45, 7) is 8.40. The minimum Gasteiger partial charge on any atom is -0.505 e. The molecule has 1 atom stereocenters. The molecule has 2 heterocycles. The zero-order valence-electron chi connectivity index (χ0n) is 17.0. The van der Waals surface area contributed by atoms with Crippen molar-refractivity contribution in [3.63, 3.8) is 0 Å². The highest BCUT2D eigenvalue weighted by molar-refractivity contribution is 9.10. The van der Waals surface area contributed by atoms with Crippen molar-refractivity contribution in [1.29, 1.82) is 5.26 Å². The summed E-state index contributed by atoms with van der Waals surface area (Å²) in [6, 6.07) is 3.35. The van der Waals surface area contributed by atoms with Gasteiger partial charge in [-0.15, -0.1) is 0 Å². The number of fused-ring (bicyclic) bond motifs is 1. The number of piperazine rings is 1. The first-order valence-corrected chi connectivity index (χ1v) is 10.5. The highest BCUT2D eigenvalue weighted by Gasteiger charge is 2.33. The van der Waals surface area contributed by atoms with Crippen molar-refractivity contribution in [2.45, 2.75) is 39.3 Å². The summed E-state index contributed by atoms with van der Waals surface area (Å²) in [7, 11) is 0. The van der Waals surface area contributed by atoms with Crippen molar-refractivity contribution >= 4 is 50.2 Å². The van der Waals surface area contributed by atoms with E-state index < -0.39 is 17.3 Å². The third-order valence-corrected chi connectivity index (χ3v) is 6.16. The molecule has 1 saturated heterocycles. The van der Waals surface area contributed by atoms with Gasteiger partial charge in [-0.1, -0.05) is 11.6 Å². The lowest BCUT2D eigenvalue weighted by atomic mass is 10.0. The first-order valence-electron chi connectivity index (χ1n) is 9.36. The van der Waals surface area contributed by atoms with Gasteiger partial charge in [-0.3, -0.25) is 4.79 Å². The van der Waals surface area contributed by atoms with Crippen LogP contribution in [0.25, 0.3) is 10.9 Å². The number of carbonyl (C=O) groups excluding carboxylic acids is 1. The third-order valence-electron chi connectivity index (χ3n) is 4.83. The number of ether oxygens (including phenoxy) is 1. The fraction of sp³-hybridized carbons (Fsp3) is 0.450. The number of pyridine rings is 1. The van der Waals surface area contributed by atoms with Crippen LogP contribution in [0.1, 0.15) is 33.3 Å². The molecule has 1 amide bonds. The largest absolute Gasteiger partial charge is 0.505 e. The maximum Gasteiger partial charge on any atom is 0.410 e. The van der Waals surface area contributed by atoms with Crippen LogP contribution in [0.2, 0.25) is 5.02 Å². The van der Waals surface area contributed by atoms with Crippen LogP contribution in [-0.4, -0.2) is 52.4 Å². The average Bonchev–Trinajstić information content (AvgIpc) is 2.65. The number of amides is 1. The molecule has 0 unspecified atom stereocenters. The summed E-state index contributed by atoms with van der Waals surface area (Å²) >= 11 is 9.43. The molecule has 10 heteroatoms. The number of phenolic OH excluding ortho intramolecular Hbond substituents is 1. The molecule has 1 aromatic carbocycles. The molecule has 1 aliphatic rings. The van der Waals surface area contributed by atoms with Crippen LogP contribution in [0.4, 0.5) is 10.5 Å². The quantitative estimate of drug-likeness (QED) is 0.617. The van der Waals surface area contributed by atoms with E-state index in [1.165, 1.54) is 0 Å². The molecule has 2 N–H and O–H groups in total. The Morgan fingerprint density at radius 1 is 1.43 bits per heavy atom. The number of aromatic nitrogens is 1. The molecular weight excluding hydrogens is 476 g/mol. The van der Waals surface area contributed by atoms with Crippen molar-refractivity contribution < 1.29 is 14.6 Å². The van der Waals surface area contributed by atoms with Crippen molar-refractivity contribution in [2.24, 2.45) is 0 Å². The summed E-state index contributed by atoms with van der Waals surface area (Å²) in [5.41, 5.74) is -0.704. The number of nitriles is 1. The molecule has 0 saturated carbocycles. The van der Waals surface area contributed by atoms with Gasteiger partial charge in [-0.25, -0.2) is 4.79 Å². The van der Waals surface area contributed by atoms with E-state index in [1.807, 2.05) is 17.9 Å². The van der Waals surface area contributed by atoms with Gasteiger partial charge < -0.3 is 24.6 Å². The van der Waals surface area contributed by atoms with Gasteiger partial charge in [0, 0.05) is 31.1 Å². The summed E-state index contributed by atoms with van der Waals surface area (Å²) in [5.74, 6) is -0.208. The number of hydrogen-bond acceptors (Lipinski definition) is 6. The summed E-state index contributed by atoms with van der Waals surface area (Å²) in [6.07, 6.45) is -0.408. The van der Waals surface area contributed by atoms with Crippen molar-refractivity contribution in [3.8, 4) is 11.8 Å². The smallest absolute Gasteiger partial charge is 0.410 e. The number of nitrogens with zero attached hydrogens (tertiary/aromatic N) is 3. The standard InChI is InChI=1S/C20H22BrClN4O4/c1-10-9-25(19(29)30-20(2,3)4)5-6-26(10)16-11-7-13(22)14(21)17(27)15(11)24-18(28)12(16)8-23/h7,10,27H,5-6,9H2,1-4H3,(H,24,28)/t10-/m0/s1. The zero-order chi connectivity index (χ0) is 22.4. The van der Waals surface area contributed by atoms with Crippen LogP contribution < -0.4 is 10.5 Å². The van der Waals surface area contributed by atoms with Gasteiger partial charge in [0.1, 0.15) is 17.2 Å². The zero-order valence-corrected chi connectivity index (χ0v) is 19.4. The maximum atomic E-state index is 12.6. The Morgan fingerprint density at radius 3 is 2.67 bits per heavy atom. The molecule has 160 valence electrons. The Balaban J connectivity index is 2.06. The van der Waals surface area contributed by atoms with E-state index in [9.17, 15) is 20.0 Å². The fourth-order valence-corrected chi connectivity index (χ4v) is 4.04. The molecule has 2 aromatic rings. The van der Waals surface area contributed by atoms with E-state index in [1.54, 1.807) is 31.7 Å². The van der Waals surface area contributed by atoms with Gasteiger partial charge >= 0.3 is 6.09 Å². The summed E-state index contributed by atoms with van der Waals surface area (Å²) in [4.78, 5) is 31.1. The van der Waals surface area contributed by atoms with Gasteiger partial charge in [0.15, 0.2) is 5.75 Å². The number of nitrogens with one attached hydrogen (secondary N) is 1. The van der Waals surface area contributed by atoms with E-state index in [4.69, 9.17) is 16.3 Å². The molecule has 30 heavy (non-hydrogen) atoms. The number of H-pyrrole nitrogens is 1. The van der Waals surface area contributed by atoms with E-state index in [-0.39, 0.29) is 32.4 Å². The first kappa shape index (κ1) is 22.2. The molecule has 8 nitrogen and oxygen atoms in total. The van der Waals surface area contributed by atoms with Crippen LogP contribution in [0, 0.1) is 11.3 Å². The normalized spacial score (nSPS) is 17.2. The monoisotopic (exact) mass is 496 g/mol. The molecule has 0 radical (unpaired) electrons. The van der Waals surface area contributed by atoms with Gasteiger partial charge in [-0.2, -0.15) is 5.26 Å². The molecule has 1 fully saturated rings. The van der Waals surface area contributed by atoms with E-state index in [2.05, 4.69) is 20.9 Å². The molecule has 0 spiro atoms. The number of phenols is 1. The molecule has 3 rings (SSSR count). The molecular formula is C20H22BrClN4O4. The predicted molar refractivity (Wildman–Crippen MR) is 118 cm³/mol. The Bertz CT molecular complexity index is 1120. The number of carbonyl (C=O) groups is 1. The van der Waals surface area contributed by atoms with Gasteiger partial charge in [0.05, 0.1) is 20.7 Å². The van der Waals surface area contributed by atoms with E-state index >= 15 is 0 Å². The second-order valence-corrected chi connectivity index (χ2v) is 9.40. The lowest BCUT2D eigenvalue weighted by molar-refractivity contribution is 0.0219. The number of halogens is 2. The number of aromatic hydroxyl groups is 1. The van der Waals surface area contributed by atoms with Crippen LogP contribution in [0.3, 0.4) is 0 Å².